The Hall–Kier alpha value is 0.430. The molecule has 0 aromatic heterocycles. The Balaban J connectivity index is 1.63. The highest BCUT2D eigenvalue weighted by atomic mass is 31.1. The van der Waals surface area contributed by atoms with Crippen molar-refractivity contribution in [1.82, 2.24) is 0 Å². The smallest absolute Gasteiger partial charge is 0.00867 e. The van der Waals surface area contributed by atoms with Crippen molar-refractivity contribution in [3.05, 3.63) is 0 Å². The first kappa shape index (κ1) is 19.7. The maximum atomic E-state index is 2.60. The second-order valence-electron chi connectivity index (χ2n) is 10.9. The number of rotatable bonds is 6. The van der Waals surface area contributed by atoms with Crippen LogP contribution in [0.5, 0.6) is 0 Å². The van der Waals surface area contributed by atoms with Crippen molar-refractivity contribution < 1.29 is 0 Å². The predicted molar refractivity (Wildman–Crippen MR) is 117 cm³/mol. The Bertz CT molecular complexity index is 455. The van der Waals surface area contributed by atoms with Gasteiger partial charge in [0.2, 0.25) is 0 Å². The zero-order chi connectivity index (χ0) is 18.1. The molecular formula is C25H45P. The summed E-state index contributed by atoms with van der Waals surface area (Å²) in [6.45, 7) is 7.59. The van der Waals surface area contributed by atoms with Crippen LogP contribution in [0.25, 0.3) is 0 Å². The minimum Gasteiger partial charge on any atom is -0.0968 e. The van der Waals surface area contributed by atoms with E-state index in [1.54, 1.807) is 76.8 Å². The fraction of sp³-hybridized carbons (Fsp3) is 1.00. The van der Waals surface area contributed by atoms with E-state index in [2.05, 4.69) is 20.8 Å². The summed E-state index contributed by atoms with van der Waals surface area (Å²) in [5.74, 6) is 5.44. The minimum absolute atomic E-state index is 0.241. The van der Waals surface area contributed by atoms with Crippen LogP contribution in [0.2, 0.25) is 0 Å². The van der Waals surface area contributed by atoms with Crippen molar-refractivity contribution in [2.24, 2.45) is 29.6 Å². The lowest BCUT2D eigenvalue weighted by atomic mass is 9.66. The van der Waals surface area contributed by atoms with Crippen LogP contribution in [-0.4, -0.2) is 17.0 Å². The van der Waals surface area contributed by atoms with Crippen molar-refractivity contribution in [2.45, 2.75) is 121 Å². The first-order valence-corrected chi connectivity index (χ1v) is 14.0. The Morgan fingerprint density at radius 2 is 1.77 bits per heavy atom. The maximum absolute atomic E-state index is 2.60. The van der Waals surface area contributed by atoms with E-state index in [0.717, 1.165) is 40.4 Å². The van der Waals surface area contributed by atoms with Crippen LogP contribution in [0.3, 0.4) is 0 Å². The second kappa shape index (κ2) is 8.43. The molecule has 4 fully saturated rings. The Labute approximate surface area is 165 Å². The summed E-state index contributed by atoms with van der Waals surface area (Å²) in [7, 11) is 0.241. The fourth-order valence-corrected chi connectivity index (χ4v) is 13.5. The van der Waals surface area contributed by atoms with Gasteiger partial charge in [-0.2, -0.15) is 0 Å². The van der Waals surface area contributed by atoms with Crippen molar-refractivity contribution >= 4 is 7.92 Å². The molecule has 1 heteroatoms. The van der Waals surface area contributed by atoms with Gasteiger partial charge in [0.15, 0.2) is 0 Å². The molecule has 4 rings (SSSR count). The lowest BCUT2D eigenvalue weighted by Gasteiger charge is -2.58. The third-order valence-corrected chi connectivity index (χ3v) is 13.1. The van der Waals surface area contributed by atoms with Gasteiger partial charge < -0.3 is 0 Å². The Kier molecular flexibility index (Phi) is 6.40. The summed E-state index contributed by atoms with van der Waals surface area (Å²) in [5, 5.41) is 0.814. The Morgan fingerprint density at radius 3 is 2.58 bits per heavy atom. The largest absolute Gasteiger partial charge is 0.0968 e. The van der Waals surface area contributed by atoms with E-state index >= 15 is 0 Å². The van der Waals surface area contributed by atoms with Crippen LogP contribution >= 0.6 is 7.92 Å². The van der Waals surface area contributed by atoms with Gasteiger partial charge in [0.1, 0.15) is 0 Å². The van der Waals surface area contributed by atoms with E-state index in [1.807, 2.05) is 0 Å². The summed E-state index contributed by atoms with van der Waals surface area (Å²) >= 11 is 0. The van der Waals surface area contributed by atoms with Gasteiger partial charge in [-0.3, -0.25) is 0 Å². The van der Waals surface area contributed by atoms with E-state index in [-0.39, 0.29) is 7.92 Å². The molecule has 0 heterocycles. The number of hydrogen-bond acceptors (Lipinski definition) is 0. The first-order valence-electron chi connectivity index (χ1n) is 12.4. The standard InChI is InChI=1S/C25H45P/c1-4-6-13-26(25-12-8-10-21(18-25)14-19(3)17-25)24-16-20-9-7-11-22(15-20)23(24)5-2/h19-24H,4-18H2,1-3H3. The molecular weight excluding hydrogens is 331 g/mol. The lowest BCUT2D eigenvalue weighted by Crippen LogP contribution is -2.47. The molecule has 0 spiro atoms. The van der Waals surface area contributed by atoms with Crippen LogP contribution in [0, 0.1) is 29.6 Å². The van der Waals surface area contributed by atoms with Gasteiger partial charge in [-0.25, -0.2) is 0 Å². The average Bonchev–Trinajstić information content (AvgIpc) is 2.61. The summed E-state index contributed by atoms with van der Waals surface area (Å²) in [4.78, 5) is 0. The fourth-order valence-electron chi connectivity index (χ4n) is 8.34. The summed E-state index contributed by atoms with van der Waals surface area (Å²) in [5.41, 5.74) is 1.15. The maximum Gasteiger partial charge on any atom is -0.00867 e. The number of fused-ring (bicyclic) bond motifs is 4. The molecule has 0 nitrogen and oxygen atoms in total. The summed E-state index contributed by atoms with van der Waals surface area (Å²) < 4.78 is 0. The topological polar surface area (TPSA) is 0 Å². The highest BCUT2D eigenvalue weighted by Crippen LogP contribution is 2.70. The van der Waals surface area contributed by atoms with Crippen molar-refractivity contribution in [2.75, 3.05) is 6.16 Å². The van der Waals surface area contributed by atoms with Crippen LogP contribution in [-0.2, 0) is 0 Å². The van der Waals surface area contributed by atoms with Crippen molar-refractivity contribution in [1.29, 1.82) is 0 Å². The highest BCUT2D eigenvalue weighted by molar-refractivity contribution is 7.60. The molecule has 0 aromatic rings. The minimum atomic E-state index is 0.241. The molecule has 0 amide bonds. The van der Waals surface area contributed by atoms with Gasteiger partial charge in [-0.1, -0.05) is 73.6 Å². The van der Waals surface area contributed by atoms with Gasteiger partial charge in [0.05, 0.1) is 0 Å². The first-order chi connectivity index (χ1) is 12.6. The molecule has 4 bridgehead atoms. The van der Waals surface area contributed by atoms with Crippen LogP contribution < -0.4 is 0 Å². The third kappa shape index (κ3) is 3.80. The molecule has 4 aliphatic rings. The van der Waals surface area contributed by atoms with Crippen LogP contribution in [0.4, 0.5) is 0 Å². The lowest BCUT2D eigenvalue weighted by molar-refractivity contribution is 0.118. The number of hydrogen-bond donors (Lipinski definition) is 0. The molecule has 0 saturated heterocycles. The van der Waals surface area contributed by atoms with E-state index in [4.69, 9.17) is 0 Å². The van der Waals surface area contributed by atoms with E-state index < -0.39 is 0 Å². The normalized spacial score (nSPS) is 46.7. The predicted octanol–water partition coefficient (Wildman–Crippen LogP) is 8.23. The van der Waals surface area contributed by atoms with E-state index in [0.29, 0.717) is 0 Å². The molecule has 0 aromatic carbocycles. The van der Waals surface area contributed by atoms with Crippen LogP contribution in [0.15, 0.2) is 0 Å². The Morgan fingerprint density at radius 1 is 0.923 bits per heavy atom. The van der Waals surface area contributed by atoms with Gasteiger partial charge in [-0.05, 0) is 91.5 Å². The van der Waals surface area contributed by atoms with Gasteiger partial charge in [0, 0.05) is 0 Å². The quantitative estimate of drug-likeness (QED) is 0.409. The zero-order valence-electron chi connectivity index (χ0n) is 18.0. The molecule has 8 unspecified atom stereocenters. The molecule has 8 atom stereocenters. The van der Waals surface area contributed by atoms with E-state index in [9.17, 15) is 0 Å². The van der Waals surface area contributed by atoms with Gasteiger partial charge in [-0.15, -0.1) is 0 Å². The molecule has 4 saturated carbocycles. The van der Waals surface area contributed by atoms with Gasteiger partial charge in [0.25, 0.3) is 0 Å². The molecule has 26 heavy (non-hydrogen) atoms. The van der Waals surface area contributed by atoms with Crippen molar-refractivity contribution in [3.63, 3.8) is 0 Å². The molecule has 0 N–H and O–H groups in total. The van der Waals surface area contributed by atoms with Crippen molar-refractivity contribution in [3.8, 4) is 0 Å². The molecule has 4 aliphatic carbocycles. The molecule has 150 valence electrons. The van der Waals surface area contributed by atoms with E-state index in [1.165, 1.54) is 19.3 Å². The third-order valence-electron chi connectivity index (χ3n) is 9.12. The monoisotopic (exact) mass is 376 g/mol. The summed E-state index contributed by atoms with van der Waals surface area (Å²) in [6.07, 6.45) is 23.6. The summed E-state index contributed by atoms with van der Waals surface area (Å²) in [6, 6.07) is 0. The SMILES string of the molecule is CCCCP(C1CC2CCCC(C2)C1CC)C12CCCC(CC(C)C1)C2. The van der Waals surface area contributed by atoms with Gasteiger partial charge >= 0.3 is 0 Å². The average molecular weight is 377 g/mol. The molecule has 0 radical (unpaired) electrons. The highest BCUT2D eigenvalue weighted by Gasteiger charge is 2.52. The van der Waals surface area contributed by atoms with Crippen LogP contribution in [0.1, 0.15) is 111 Å². The second-order valence-corrected chi connectivity index (χ2v) is 13.9. The zero-order valence-corrected chi connectivity index (χ0v) is 18.9. The molecule has 0 aliphatic heterocycles. The number of unbranched alkanes of at least 4 members (excludes halogenated alkanes) is 1.